The molecular formula is C13H16N4. The summed E-state index contributed by atoms with van der Waals surface area (Å²) in [5, 5.41) is 0. The van der Waals surface area contributed by atoms with E-state index < -0.39 is 0 Å². The molecule has 0 amide bonds. The second-order valence-corrected chi connectivity index (χ2v) is 3.94. The Morgan fingerprint density at radius 1 is 1.12 bits per heavy atom. The van der Waals surface area contributed by atoms with E-state index >= 15 is 0 Å². The van der Waals surface area contributed by atoms with Crippen molar-refractivity contribution in [2.75, 3.05) is 5.43 Å². The van der Waals surface area contributed by atoms with E-state index in [1.54, 1.807) is 0 Å². The Kier molecular flexibility index (Phi) is 3.67. The molecule has 0 aliphatic carbocycles. The van der Waals surface area contributed by atoms with Gasteiger partial charge in [-0.1, -0.05) is 30.3 Å². The van der Waals surface area contributed by atoms with Crippen LogP contribution in [0.15, 0.2) is 36.4 Å². The first kappa shape index (κ1) is 11.5. The van der Waals surface area contributed by atoms with Crippen LogP contribution in [0.4, 0.5) is 5.82 Å². The fourth-order valence-corrected chi connectivity index (χ4v) is 1.72. The summed E-state index contributed by atoms with van der Waals surface area (Å²) in [6, 6.07) is 12.1. The Bertz CT molecular complexity index is 482. The molecule has 0 aliphatic heterocycles. The molecule has 0 unspecified atom stereocenters. The van der Waals surface area contributed by atoms with Gasteiger partial charge in [0.25, 0.3) is 0 Å². The molecule has 3 N–H and O–H groups in total. The standard InChI is InChI=1S/C13H16N4/c1-10-9-13(17-14)16-12(15-10)8-7-11-5-3-2-4-6-11/h2-6,9H,7-8,14H2,1H3,(H,15,16,17). The number of nitrogens with zero attached hydrogens (tertiary/aromatic N) is 2. The summed E-state index contributed by atoms with van der Waals surface area (Å²) in [7, 11) is 0. The molecule has 0 fully saturated rings. The Balaban J connectivity index is 2.06. The van der Waals surface area contributed by atoms with Crippen LogP contribution in [-0.4, -0.2) is 9.97 Å². The van der Waals surface area contributed by atoms with Crippen LogP contribution < -0.4 is 11.3 Å². The van der Waals surface area contributed by atoms with Crippen molar-refractivity contribution in [2.45, 2.75) is 19.8 Å². The summed E-state index contributed by atoms with van der Waals surface area (Å²) in [6.07, 6.45) is 1.76. The van der Waals surface area contributed by atoms with E-state index in [0.29, 0.717) is 5.82 Å². The quantitative estimate of drug-likeness (QED) is 0.619. The molecule has 0 bridgehead atoms. The van der Waals surface area contributed by atoms with Crippen LogP contribution in [0.25, 0.3) is 0 Å². The molecule has 2 rings (SSSR count). The van der Waals surface area contributed by atoms with E-state index in [4.69, 9.17) is 5.84 Å². The van der Waals surface area contributed by atoms with E-state index in [9.17, 15) is 0 Å². The van der Waals surface area contributed by atoms with E-state index in [-0.39, 0.29) is 0 Å². The van der Waals surface area contributed by atoms with Gasteiger partial charge in [-0.05, 0) is 18.9 Å². The number of nitrogens with one attached hydrogen (secondary N) is 1. The minimum absolute atomic E-state index is 0.667. The van der Waals surface area contributed by atoms with E-state index in [1.165, 1.54) is 5.56 Å². The molecule has 2 aromatic rings. The summed E-state index contributed by atoms with van der Waals surface area (Å²) in [5.41, 5.74) is 4.77. The SMILES string of the molecule is Cc1cc(NN)nc(CCc2ccccc2)n1. The highest BCUT2D eigenvalue weighted by Gasteiger charge is 2.02. The van der Waals surface area contributed by atoms with E-state index in [2.05, 4.69) is 27.5 Å². The zero-order valence-electron chi connectivity index (χ0n) is 9.85. The fraction of sp³-hybridized carbons (Fsp3) is 0.231. The lowest BCUT2D eigenvalue weighted by Gasteiger charge is -2.05. The highest BCUT2D eigenvalue weighted by Crippen LogP contribution is 2.08. The van der Waals surface area contributed by atoms with Crippen LogP contribution in [0.3, 0.4) is 0 Å². The molecular weight excluding hydrogens is 212 g/mol. The maximum absolute atomic E-state index is 5.35. The number of anilines is 1. The maximum Gasteiger partial charge on any atom is 0.143 e. The van der Waals surface area contributed by atoms with Gasteiger partial charge in [0, 0.05) is 18.2 Å². The summed E-state index contributed by atoms with van der Waals surface area (Å²) in [4.78, 5) is 8.71. The second kappa shape index (κ2) is 5.41. The van der Waals surface area contributed by atoms with Gasteiger partial charge in [0.2, 0.25) is 0 Å². The van der Waals surface area contributed by atoms with Crippen molar-refractivity contribution in [1.29, 1.82) is 0 Å². The van der Waals surface area contributed by atoms with Gasteiger partial charge in [0.05, 0.1) is 0 Å². The summed E-state index contributed by atoms with van der Waals surface area (Å²) < 4.78 is 0. The van der Waals surface area contributed by atoms with E-state index in [0.717, 1.165) is 24.4 Å². The molecule has 4 heteroatoms. The number of benzene rings is 1. The number of nitrogens with two attached hydrogens (primary N) is 1. The average molecular weight is 228 g/mol. The third-order valence-electron chi connectivity index (χ3n) is 2.53. The van der Waals surface area contributed by atoms with Gasteiger partial charge in [-0.3, -0.25) is 0 Å². The lowest BCUT2D eigenvalue weighted by atomic mass is 10.1. The molecule has 0 atom stereocenters. The molecule has 0 radical (unpaired) electrons. The fourth-order valence-electron chi connectivity index (χ4n) is 1.72. The molecule has 0 spiro atoms. The van der Waals surface area contributed by atoms with Crippen molar-refractivity contribution in [2.24, 2.45) is 5.84 Å². The predicted octanol–water partition coefficient (Wildman–Crippen LogP) is 1.86. The van der Waals surface area contributed by atoms with Crippen molar-refractivity contribution >= 4 is 5.82 Å². The van der Waals surface area contributed by atoms with Crippen molar-refractivity contribution in [3.63, 3.8) is 0 Å². The minimum Gasteiger partial charge on any atom is -0.308 e. The Morgan fingerprint density at radius 3 is 2.59 bits per heavy atom. The monoisotopic (exact) mass is 228 g/mol. The number of hydrazine groups is 1. The van der Waals surface area contributed by atoms with E-state index in [1.807, 2.05) is 31.2 Å². The zero-order valence-corrected chi connectivity index (χ0v) is 9.85. The molecule has 0 saturated carbocycles. The average Bonchev–Trinajstić information content (AvgIpc) is 2.37. The van der Waals surface area contributed by atoms with Crippen molar-refractivity contribution < 1.29 is 0 Å². The predicted molar refractivity (Wildman–Crippen MR) is 68.4 cm³/mol. The van der Waals surface area contributed by atoms with Crippen LogP contribution in [0.1, 0.15) is 17.1 Å². The third kappa shape index (κ3) is 3.26. The lowest BCUT2D eigenvalue weighted by molar-refractivity contribution is 0.847. The molecule has 4 nitrogen and oxygen atoms in total. The lowest BCUT2D eigenvalue weighted by Crippen LogP contribution is -2.11. The number of rotatable bonds is 4. The van der Waals surface area contributed by atoms with Gasteiger partial charge >= 0.3 is 0 Å². The number of nitrogen functional groups attached to an aromatic ring is 1. The number of aromatic nitrogens is 2. The maximum atomic E-state index is 5.35. The molecule has 17 heavy (non-hydrogen) atoms. The topological polar surface area (TPSA) is 63.8 Å². The molecule has 0 aliphatic rings. The van der Waals surface area contributed by atoms with Crippen LogP contribution in [-0.2, 0) is 12.8 Å². The largest absolute Gasteiger partial charge is 0.308 e. The molecule has 1 aromatic carbocycles. The molecule has 0 saturated heterocycles. The van der Waals surface area contributed by atoms with Crippen LogP contribution in [0.2, 0.25) is 0 Å². The second-order valence-electron chi connectivity index (χ2n) is 3.94. The number of hydrogen-bond donors (Lipinski definition) is 2. The van der Waals surface area contributed by atoms with Gasteiger partial charge in [0.1, 0.15) is 11.6 Å². The normalized spacial score (nSPS) is 10.2. The third-order valence-corrected chi connectivity index (χ3v) is 2.53. The zero-order chi connectivity index (χ0) is 12.1. The Hall–Kier alpha value is -1.94. The minimum atomic E-state index is 0.667. The van der Waals surface area contributed by atoms with Gasteiger partial charge in [-0.2, -0.15) is 0 Å². The summed E-state index contributed by atoms with van der Waals surface area (Å²) >= 11 is 0. The summed E-state index contributed by atoms with van der Waals surface area (Å²) in [6.45, 7) is 1.94. The number of aryl methyl sites for hydroxylation is 3. The molecule has 1 heterocycles. The number of hydrogen-bond acceptors (Lipinski definition) is 4. The van der Waals surface area contributed by atoms with Gasteiger partial charge in [-0.15, -0.1) is 0 Å². The van der Waals surface area contributed by atoms with Gasteiger partial charge in [-0.25, -0.2) is 15.8 Å². The van der Waals surface area contributed by atoms with Crippen LogP contribution in [0.5, 0.6) is 0 Å². The Morgan fingerprint density at radius 2 is 1.88 bits per heavy atom. The smallest absolute Gasteiger partial charge is 0.143 e. The van der Waals surface area contributed by atoms with Crippen molar-refractivity contribution in [3.8, 4) is 0 Å². The first-order valence-electron chi connectivity index (χ1n) is 5.63. The summed E-state index contributed by atoms with van der Waals surface area (Å²) in [5.74, 6) is 6.84. The molecule has 88 valence electrons. The Labute approximate surface area is 101 Å². The van der Waals surface area contributed by atoms with Crippen LogP contribution in [0, 0.1) is 6.92 Å². The first-order valence-corrected chi connectivity index (χ1v) is 5.63. The van der Waals surface area contributed by atoms with Crippen molar-refractivity contribution in [1.82, 2.24) is 9.97 Å². The molecule has 1 aromatic heterocycles. The van der Waals surface area contributed by atoms with Crippen LogP contribution >= 0.6 is 0 Å². The highest BCUT2D eigenvalue weighted by molar-refractivity contribution is 5.34. The first-order chi connectivity index (χ1) is 8.28. The van der Waals surface area contributed by atoms with Gasteiger partial charge in [0.15, 0.2) is 0 Å². The van der Waals surface area contributed by atoms with Gasteiger partial charge < -0.3 is 5.43 Å². The van der Waals surface area contributed by atoms with Crippen molar-refractivity contribution in [3.05, 3.63) is 53.5 Å². The highest BCUT2D eigenvalue weighted by atomic mass is 15.3.